The molecule has 0 aliphatic heterocycles. The average Bonchev–Trinajstić information content (AvgIpc) is 2.95. The summed E-state index contributed by atoms with van der Waals surface area (Å²) in [5, 5.41) is 9.92. The first-order chi connectivity index (χ1) is 8.66. The average molecular weight is 244 g/mol. The zero-order valence-corrected chi connectivity index (χ0v) is 10.1. The lowest BCUT2D eigenvalue weighted by atomic mass is 9.63. The Morgan fingerprint density at radius 2 is 1.89 bits per heavy atom. The molecule has 5 atom stereocenters. The summed E-state index contributed by atoms with van der Waals surface area (Å²) in [6.45, 7) is 0. The van der Waals surface area contributed by atoms with Gasteiger partial charge in [0, 0.05) is 17.9 Å². The van der Waals surface area contributed by atoms with E-state index in [4.69, 9.17) is 0 Å². The molecular formula is C15H16O3. The number of allylic oxidation sites excluding steroid dienone is 4. The summed E-state index contributed by atoms with van der Waals surface area (Å²) in [5.41, 5.74) is 0.466. The molecule has 94 valence electrons. The highest BCUT2D eigenvalue weighted by molar-refractivity contribution is 6.08. The highest BCUT2D eigenvalue weighted by Crippen LogP contribution is 2.56. The van der Waals surface area contributed by atoms with Crippen LogP contribution in [-0.2, 0) is 9.59 Å². The number of rotatable bonds is 0. The fourth-order valence-electron chi connectivity index (χ4n) is 4.61. The van der Waals surface area contributed by atoms with Crippen LogP contribution in [0.4, 0.5) is 0 Å². The van der Waals surface area contributed by atoms with E-state index in [1.54, 1.807) is 0 Å². The van der Waals surface area contributed by atoms with Crippen molar-refractivity contribution in [1.29, 1.82) is 0 Å². The first kappa shape index (κ1) is 10.5. The van der Waals surface area contributed by atoms with Gasteiger partial charge in [-0.15, -0.1) is 0 Å². The summed E-state index contributed by atoms with van der Waals surface area (Å²) < 4.78 is 0. The van der Waals surface area contributed by atoms with Gasteiger partial charge in [-0.3, -0.25) is 9.59 Å². The van der Waals surface area contributed by atoms with Crippen LogP contribution in [-0.4, -0.2) is 16.7 Å². The van der Waals surface area contributed by atoms with E-state index < -0.39 is 0 Å². The van der Waals surface area contributed by atoms with Gasteiger partial charge in [-0.2, -0.15) is 0 Å². The summed E-state index contributed by atoms with van der Waals surface area (Å²) in [7, 11) is 0. The topological polar surface area (TPSA) is 54.4 Å². The van der Waals surface area contributed by atoms with Gasteiger partial charge >= 0.3 is 0 Å². The van der Waals surface area contributed by atoms with E-state index in [-0.39, 0.29) is 29.2 Å². The van der Waals surface area contributed by atoms with Gasteiger partial charge in [-0.05, 0) is 42.9 Å². The lowest BCUT2D eigenvalue weighted by Gasteiger charge is -2.39. The van der Waals surface area contributed by atoms with Crippen LogP contribution in [0.3, 0.4) is 0 Å². The minimum absolute atomic E-state index is 0.0410. The van der Waals surface area contributed by atoms with E-state index in [1.807, 2.05) is 0 Å². The molecule has 5 unspecified atom stereocenters. The summed E-state index contributed by atoms with van der Waals surface area (Å²) >= 11 is 0. The molecule has 1 N–H and O–H groups in total. The number of aliphatic hydroxyl groups is 1. The third-order valence-electron chi connectivity index (χ3n) is 5.39. The third-order valence-corrected chi connectivity index (χ3v) is 5.39. The Morgan fingerprint density at radius 3 is 2.72 bits per heavy atom. The number of carbonyl (C=O) groups is 2. The number of hydrogen-bond acceptors (Lipinski definition) is 3. The maximum absolute atomic E-state index is 12.6. The van der Waals surface area contributed by atoms with Gasteiger partial charge in [0.25, 0.3) is 0 Å². The molecule has 0 saturated heterocycles. The van der Waals surface area contributed by atoms with Gasteiger partial charge in [-0.1, -0.05) is 12.2 Å². The molecule has 3 nitrogen and oxygen atoms in total. The smallest absolute Gasteiger partial charge is 0.197 e. The first-order valence-corrected chi connectivity index (χ1v) is 6.85. The summed E-state index contributed by atoms with van der Waals surface area (Å²) in [4.78, 5) is 24.2. The largest absolute Gasteiger partial charge is 0.504 e. The molecule has 0 aromatic carbocycles. The third kappa shape index (κ3) is 1.15. The number of Topliss-reactive ketones (excluding diaryl/α,β-unsaturated/α-hetero) is 2. The number of aliphatic hydroxyl groups excluding tert-OH is 1. The number of carbonyl (C=O) groups excluding carboxylic acids is 2. The van der Waals surface area contributed by atoms with Gasteiger partial charge in [0.1, 0.15) is 0 Å². The van der Waals surface area contributed by atoms with Crippen molar-refractivity contribution >= 4 is 11.6 Å². The second-order valence-corrected chi connectivity index (χ2v) is 6.16. The molecule has 18 heavy (non-hydrogen) atoms. The van der Waals surface area contributed by atoms with Crippen molar-refractivity contribution in [3.63, 3.8) is 0 Å². The minimum Gasteiger partial charge on any atom is -0.504 e. The fourth-order valence-corrected chi connectivity index (χ4v) is 4.61. The van der Waals surface area contributed by atoms with Crippen molar-refractivity contribution < 1.29 is 14.7 Å². The number of fused-ring (bicyclic) bond motifs is 6. The molecule has 0 aromatic heterocycles. The van der Waals surface area contributed by atoms with E-state index >= 15 is 0 Å². The SMILES string of the molecule is O=C1CCC2CC3C4C=CC(C4)C3C(=O)C2=C1O. The molecule has 2 fully saturated rings. The van der Waals surface area contributed by atoms with Crippen molar-refractivity contribution in [3.05, 3.63) is 23.5 Å². The van der Waals surface area contributed by atoms with Crippen LogP contribution >= 0.6 is 0 Å². The fraction of sp³-hybridized carbons (Fsp3) is 0.600. The van der Waals surface area contributed by atoms with Crippen LogP contribution < -0.4 is 0 Å². The standard InChI is InChI=1S/C15H16O3/c16-11-4-3-9-6-10-7-1-2-8(5-7)12(10)15(18)13(9)14(11)17/h1-2,7-10,12,17H,3-6H2. The molecule has 4 aliphatic carbocycles. The van der Waals surface area contributed by atoms with Crippen molar-refractivity contribution in [2.24, 2.45) is 29.6 Å². The Labute approximate surface area is 106 Å². The second kappa shape index (κ2) is 3.34. The van der Waals surface area contributed by atoms with Crippen molar-refractivity contribution in [2.75, 3.05) is 0 Å². The lowest BCUT2D eigenvalue weighted by Crippen LogP contribution is -2.40. The Morgan fingerprint density at radius 1 is 1.11 bits per heavy atom. The monoisotopic (exact) mass is 244 g/mol. The molecule has 4 rings (SSSR count). The first-order valence-electron chi connectivity index (χ1n) is 6.85. The van der Waals surface area contributed by atoms with E-state index in [2.05, 4.69) is 12.2 Å². The molecule has 0 spiro atoms. The molecule has 3 heteroatoms. The number of hydrogen-bond donors (Lipinski definition) is 1. The van der Waals surface area contributed by atoms with Gasteiger partial charge in [0.2, 0.25) is 0 Å². The highest BCUT2D eigenvalue weighted by atomic mass is 16.3. The Hall–Kier alpha value is -1.38. The summed E-state index contributed by atoms with van der Waals surface area (Å²) in [6, 6.07) is 0. The van der Waals surface area contributed by atoms with Crippen LogP contribution in [0, 0.1) is 29.6 Å². The Balaban J connectivity index is 1.80. The van der Waals surface area contributed by atoms with Crippen molar-refractivity contribution in [1.82, 2.24) is 0 Å². The van der Waals surface area contributed by atoms with Crippen LogP contribution in [0.15, 0.2) is 23.5 Å². The van der Waals surface area contributed by atoms with Crippen molar-refractivity contribution in [2.45, 2.75) is 25.7 Å². The van der Waals surface area contributed by atoms with Crippen LogP contribution in [0.1, 0.15) is 25.7 Å². The number of ketones is 2. The molecule has 0 amide bonds. The molecule has 2 bridgehead atoms. The Bertz CT molecular complexity index is 514. The maximum Gasteiger partial charge on any atom is 0.197 e. The van der Waals surface area contributed by atoms with Crippen molar-refractivity contribution in [3.8, 4) is 0 Å². The minimum atomic E-state index is -0.244. The molecular weight excluding hydrogens is 228 g/mol. The molecule has 0 heterocycles. The maximum atomic E-state index is 12.6. The van der Waals surface area contributed by atoms with E-state index in [0.29, 0.717) is 29.7 Å². The Kier molecular flexibility index (Phi) is 1.95. The summed E-state index contributed by atoms with van der Waals surface area (Å²) in [5.74, 6) is 1.15. The van der Waals surface area contributed by atoms with E-state index in [9.17, 15) is 14.7 Å². The van der Waals surface area contributed by atoms with Gasteiger partial charge in [-0.25, -0.2) is 0 Å². The zero-order chi connectivity index (χ0) is 12.4. The van der Waals surface area contributed by atoms with Gasteiger partial charge in [0.15, 0.2) is 17.3 Å². The quantitative estimate of drug-likeness (QED) is 0.664. The zero-order valence-electron chi connectivity index (χ0n) is 10.1. The van der Waals surface area contributed by atoms with Crippen LogP contribution in [0.2, 0.25) is 0 Å². The van der Waals surface area contributed by atoms with Crippen LogP contribution in [0.25, 0.3) is 0 Å². The molecule has 0 radical (unpaired) electrons. The second-order valence-electron chi connectivity index (χ2n) is 6.16. The van der Waals surface area contributed by atoms with E-state index in [0.717, 1.165) is 19.3 Å². The lowest BCUT2D eigenvalue weighted by molar-refractivity contribution is -0.127. The molecule has 4 aliphatic rings. The normalized spacial score (nSPS) is 45.4. The highest BCUT2D eigenvalue weighted by Gasteiger charge is 2.54. The van der Waals surface area contributed by atoms with Crippen LogP contribution in [0.5, 0.6) is 0 Å². The predicted molar refractivity (Wildman–Crippen MR) is 64.7 cm³/mol. The molecule has 0 aromatic rings. The van der Waals surface area contributed by atoms with E-state index in [1.165, 1.54) is 0 Å². The van der Waals surface area contributed by atoms with Gasteiger partial charge in [0.05, 0.1) is 0 Å². The molecule has 2 saturated carbocycles. The van der Waals surface area contributed by atoms with Gasteiger partial charge < -0.3 is 5.11 Å². The predicted octanol–water partition coefficient (Wildman–Crippen LogP) is 2.19. The summed E-state index contributed by atoms with van der Waals surface area (Å²) in [6.07, 6.45) is 7.64.